The third kappa shape index (κ3) is 5.28. The average molecular weight is 644 g/mol. The maximum Gasteiger partial charge on any atom is 0.416 e. The Kier molecular flexibility index (Phi) is 7.58. The Morgan fingerprint density at radius 3 is 2.34 bits per heavy atom. The molecular weight excluding hydrogens is 622 g/mol. The van der Waals surface area contributed by atoms with Gasteiger partial charge in [-0.1, -0.05) is 41.3 Å². The van der Waals surface area contributed by atoms with E-state index < -0.39 is 63.8 Å². The van der Waals surface area contributed by atoms with Crippen LogP contribution in [0.5, 0.6) is 5.75 Å². The van der Waals surface area contributed by atoms with Gasteiger partial charge in [-0.15, -0.1) is 0 Å². The van der Waals surface area contributed by atoms with Crippen LogP contribution < -0.4 is 19.8 Å². The summed E-state index contributed by atoms with van der Waals surface area (Å²) in [6, 6.07) is 15.8. The molecule has 44 heavy (non-hydrogen) atoms. The van der Waals surface area contributed by atoms with E-state index in [4.69, 9.17) is 4.74 Å². The molecule has 0 radical (unpaired) electrons. The van der Waals surface area contributed by atoms with Gasteiger partial charge in [-0.2, -0.15) is 13.2 Å². The van der Waals surface area contributed by atoms with E-state index in [-0.39, 0.29) is 5.69 Å². The van der Waals surface area contributed by atoms with Gasteiger partial charge in [-0.3, -0.25) is 23.7 Å². The van der Waals surface area contributed by atoms with Crippen molar-refractivity contribution in [2.24, 2.45) is 5.92 Å². The highest BCUT2D eigenvalue weighted by Gasteiger charge is 2.57. The summed E-state index contributed by atoms with van der Waals surface area (Å²) < 4.78 is 60.2. The fraction of sp³-hybridized carbons (Fsp3) is 0.200. The summed E-state index contributed by atoms with van der Waals surface area (Å²) in [6.45, 7) is -0.429. The molecule has 3 aromatic carbocycles. The number of hydrogen-bond acceptors (Lipinski definition) is 7. The number of thiazole rings is 1. The molecule has 8 nitrogen and oxygen atoms in total. The van der Waals surface area contributed by atoms with Crippen molar-refractivity contribution in [1.29, 1.82) is 0 Å². The molecule has 14 heteroatoms. The number of halogens is 4. The Morgan fingerprint density at radius 1 is 0.977 bits per heavy atom. The highest BCUT2D eigenvalue weighted by molar-refractivity contribution is 8.00. The first kappa shape index (κ1) is 29.6. The van der Waals surface area contributed by atoms with Crippen LogP contribution in [-0.4, -0.2) is 34.6 Å². The smallest absolute Gasteiger partial charge is 0.416 e. The number of anilines is 2. The summed E-state index contributed by atoms with van der Waals surface area (Å²) in [7, 11) is 1.48. The first-order valence-corrected chi connectivity index (χ1v) is 14.8. The number of imide groups is 1. The van der Waals surface area contributed by atoms with E-state index in [1.54, 1.807) is 24.3 Å². The summed E-state index contributed by atoms with van der Waals surface area (Å²) in [4.78, 5) is 54.6. The van der Waals surface area contributed by atoms with Crippen molar-refractivity contribution in [3.63, 3.8) is 0 Å². The molecule has 0 aliphatic carbocycles. The fourth-order valence-corrected chi connectivity index (χ4v) is 8.15. The number of methoxy groups -OCH3 is 1. The Morgan fingerprint density at radius 2 is 1.68 bits per heavy atom. The van der Waals surface area contributed by atoms with Gasteiger partial charge in [0.15, 0.2) is 0 Å². The van der Waals surface area contributed by atoms with Gasteiger partial charge >= 0.3 is 11.0 Å². The number of nitrogens with one attached hydrogen (secondary N) is 1. The zero-order chi connectivity index (χ0) is 31.3. The zero-order valence-corrected chi connectivity index (χ0v) is 24.3. The molecule has 226 valence electrons. The Labute approximate surface area is 255 Å². The molecule has 1 fully saturated rings. The minimum absolute atomic E-state index is 0.210. The topological polar surface area (TPSA) is 97.7 Å². The molecule has 0 unspecified atom stereocenters. The molecule has 1 aromatic heterocycles. The Balaban J connectivity index is 1.41. The van der Waals surface area contributed by atoms with E-state index in [1.807, 2.05) is 0 Å². The number of aromatic nitrogens is 1. The molecule has 3 heterocycles. The van der Waals surface area contributed by atoms with Gasteiger partial charge in [-0.05, 0) is 60.2 Å². The van der Waals surface area contributed by atoms with Gasteiger partial charge in [0, 0.05) is 16.5 Å². The van der Waals surface area contributed by atoms with Crippen LogP contribution in [0.2, 0.25) is 0 Å². The second kappa shape index (κ2) is 11.2. The van der Waals surface area contributed by atoms with Crippen LogP contribution in [0.3, 0.4) is 0 Å². The van der Waals surface area contributed by atoms with E-state index in [9.17, 15) is 36.7 Å². The van der Waals surface area contributed by atoms with E-state index in [2.05, 4.69) is 5.32 Å². The van der Waals surface area contributed by atoms with Gasteiger partial charge in [-0.25, -0.2) is 9.29 Å². The number of carbonyl (C=O) groups excluding carboxylic acids is 3. The van der Waals surface area contributed by atoms with Crippen molar-refractivity contribution >= 4 is 52.2 Å². The summed E-state index contributed by atoms with van der Waals surface area (Å²) in [5.74, 6) is -3.82. The lowest BCUT2D eigenvalue weighted by Gasteiger charge is -2.30. The Hall–Kier alpha value is -4.43. The number of fused-ring (bicyclic) bond motifs is 2. The van der Waals surface area contributed by atoms with E-state index in [0.717, 1.165) is 46.2 Å². The van der Waals surface area contributed by atoms with Crippen LogP contribution in [0.1, 0.15) is 21.9 Å². The van der Waals surface area contributed by atoms with E-state index in [0.29, 0.717) is 26.9 Å². The molecule has 2 aliphatic heterocycles. The second-order valence-corrected chi connectivity index (χ2v) is 12.2. The molecule has 2 aliphatic rings. The second-order valence-electron chi connectivity index (χ2n) is 10.1. The molecule has 0 bridgehead atoms. The van der Waals surface area contributed by atoms with Gasteiger partial charge in [0.1, 0.15) is 23.4 Å². The number of ether oxygens (including phenoxy) is 1. The first-order valence-electron chi connectivity index (χ1n) is 13.1. The molecule has 6 rings (SSSR count). The largest absolute Gasteiger partial charge is 0.497 e. The fourth-order valence-electron chi connectivity index (χ4n) is 5.38. The van der Waals surface area contributed by atoms with Gasteiger partial charge in [0.25, 0.3) is 0 Å². The number of benzene rings is 3. The normalized spacial score (nSPS) is 19.5. The van der Waals surface area contributed by atoms with Crippen LogP contribution >= 0.6 is 23.1 Å². The van der Waals surface area contributed by atoms with E-state index >= 15 is 0 Å². The third-order valence-corrected chi connectivity index (χ3v) is 9.99. The molecule has 1 N–H and O–H groups in total. The molecular formula is C30H21F4N3O5S2. The van der Waals surface area contributed by atoms with Crippen LogP contribution in [0.25, 0.3) is 0 Å². The van der Waals surface area contributed by atoms with Crippen molar-refractivity contribution in [2.75, 3.05) is 17.3 Å². The van der Waals surface area contributed by atoms with Crippen LogP contribution in [0, 0.1) is 11.7 Å². The van der Waals surface area contributed by atoms with Crippen LogP contribution in [0.15, 0.2) is 82.6 Å². The standard InChI is InChI=1S/C30H21F4N3O5S2/c1-42-20-11-5-15(6-12-20)22-23-24(27(40)37(26(23)39)19-4-2-3-16(13-19)30(32,33)34)43-28-25(22)44-29(41)36(28)14-21(38)35-18-9-7-17(31)8-10-18/h2-13,22-24H,14H2,1H3,(H,35,38)/t22-,23-,24+/m0/s1. The first-order chi connectivity index (χ1) is 21.0. The highest BCUT2D eigenvalue weighted by atomic mass is 32.2. The lowest BCUT2D eigenvalue weighted by Crippen LogP contribution is -2.33. The maximum atomic E-state index is 13.9. The van der Waals surface area contributed by atoms with Crippen LogP contribution in [0.4, 0.5) is 28.9 Å². The average Bonchev–Trinajstić information content (AvgIpc) is 3.44. The molecule has 0 spiro atoms. The zero-order valence-electron chi connectivity index (χ0n) is 22.6. The summed E-state index contributed by atoms with van der Waals surface area (Å²) in [6.07, 6.45) is -4.69. The number of nitrogens with zero attached hydrogens (tertiary/aromatic N) is 2. The monoisotopic (exact) mass is 643 g/mol. The van der Waals surface area contributed by atoms with Crippen molar-refractivity contribution in [3.8, 4) is 5.75 Å². The summed E-state index contributed by atoms with van der Waals surface area (Å²) in [5, 5.41) is 1.82. The molecule has 4 aromatic rings. The lowest BCUT2D eigenvalue weighted by molar-refractivity contribution is -0.137. The number of rotatable bonds is 6. The van der Waals surface area contributed by atoms with E-state index in [1.165, 1.54) is 42.0 Å². The van der Waals surface area contributed by atoms with Gasteiger partial charge in [0.05, 0.1) is 29.3 Å². The number of thioether (sulfide) groups is 1. The Bertz CT molecular complexity index is 1840. The van der Waals surface area contributed by atoms with Crippen molar-refractivity contribution in [2.45, 2.75) is 28.9 Å². The lowest BCUT2D eigenvalue weighted by atomic mass is 9.83. The number of carbonyl (C=O) groups is 3. The predicted octanol–water partition coefficient (Wildman–Crippen LogP) is 5.51. The number of alkyl halides is 3. The van der Waals surface area contributed by atoms with Crippen molar-refractivity contribution < 1.29 is 36.7 Å². The molecule has 0 saturated carbocycles. The number of hydrogen-bond donors (Lipinski definition) is 1. The van der Waals surface area contributed by atoms with Gasteiger partial charge < -0.3 is 10.1 Å². The molecule has 3 atom stereocenters. The maximum absolute atomic E-state index is 13.9. The van der Waals surface area contributed by atoms with Crippen molar-refractivity contribution in [3.05, 3.63) is 104 Å². The summed E-state index contributed by atoms with van der Waals surface area (Å²) >= 11 is 1.77. The van der Waals surface area contributed by atoms with Crippen LogP contribution in [-0.2, 0) is 27.1 Å². The molecule has 3 amide bonds. The minimum Gasteiger partial charge on any atom is -0.497 e. The molecule has 1 saturated heterocycles. The van der Waals surface area contributed by atoms with Gasteiger partial charge in [0.2, 0.25) is 17.7 Å². The third-order valence-electron chi connectivity index (χ3n) is 7.39. The highest BCUT2D eigenvalue weighted by Crippen LogP contribution is 2.54. The summed E-state index contributed by atoms with van der Waals surface area (Å²) in [5.41, 5.74) is -0.327. The minimum atomic E-state index is -4.69. The number of amides is 3. The predicted molar refractivity (Wildman–Crippen MR) is 156 cm³/mol. The quantitative estimate of drug-likeness (QED) is 0.220. The van der Waals surface area contributed by atoms with Crippen molar-refractivity contribution in [1.82, 2.24) is 4.57 Å². The SMILES string of the molecule is COc1ccc([C@@H]2c3sc(=O)n(CC(=O)Nc4ccc(F)cc4)c3S[C@H]3C(=O)N(c4cccc(C(F)(F)F)c4)C(=O)[C@@H]23)cc1.